The van der Waals surface area contributed by atoms with Crippen molar-refractivity contribution in [2.45, 2.75) is 44.8 Å². The number of amides is 2. The van der Waals surface area contributed by atoms with Crippen LogP contribution in [-0.2, 0) is 4.74 Å². The summed E-state index contributed by atoms with van der Waals surface area (Å²) in [5.74, 6) is 0.656. The summed E-state index contributed by atoms with van der Waals surface area (Å²) in [7, 11) is 0. The molecule has 1 saturated heterocycles. The molecule has 0 radical (unpaired) electrons. The number of hydrogen-bond acceptors (Lipinski definition) is 3. The molecule has 5 nitrogen and oxygen atoms in total. The number of rotatable bonds is 6. The first-order valence-corrected chi connectivity index (χ1v) is 9.01. The lowest BCUT2D eigenvalue weighted by molar-refractivity contribution is -0.0269. The molecule has 3 N–H and O–H groups in total. The summed E-state index contributed by atoms with van der Waals surface area (Å²) in [6, 6.07) is 8.23. The maximum absolute atomic E-state index is 11.9. The van der Waals surface area contributed by atoms with Crippen molar-refractivity contribution in [3.63, 3.8) is 0 Å². The zero-order chi connectivity index (χ0) is 16.9. The predicted molar refractivity (Wildman–Crippen MR) is 92.7 cm³/mol. The van der Waals surface area contributed by atoms with Crippen LogP contribution in [0.15, 0.2) is 24.3 Å². The highest BCUT2D eigenvalue weighted by atomic mass is 16.5. The number of hydrogen-bond donors (Lipinski definition) is 3. The number of nitrogens with one attached hydrogen (secondary N) is 2. The molecule has 2 fully saturated rings. The molecule has 132 valence electrons. The van der Waals surface area contributed by atoms with Crippen molar-refractivity contribution in [3.8, 4) is 0 Å². The summed E-state index contributed by atoms with van der Waals surface area (Å²) in [5.41, 5.74) is 2.41. The minimum atomic E-state index is -0.408. The smallest absolute Gasteiger partial charge is 0.314 e. The van der Waals surface area contributed by atoms with Gasteiger partial charge >= 0.3 is 6.03 Å². The van der Waals surface area contributed by atoms with Gasteiger partial charge in [0.1, 0.15) is 0 Å². The molecule has 1 saturated carbocycles. The maximum Gasteiger partial charge on any atom is 0.314 e. The van der Waals surface area contributed by atoms with Gasteiger partial charge in [0, 0.05) is 25.6 Å². The Morgan fingerprint density at radius 3 is 2.71 bits per heavy atom. The van der Waals surface area contributed by atoms with E-state index >= 15 is 0 Å². The first-order chi connectivity index (χ1) is 11.6. The fourth-order valence-corrected chi connectivity index (χ4v) is 3.31. The Kier molecular flexibility index (Phi) is 5.74. The van der Waals surface area contributed by atoms with Crippen LogP contribution in [-0.4, -0.2) is 36.9 Å². The van der Waals surface area contributed by atoms with E-state index in [4.69, 9.17) is 4.74 Å². The van der Waals surface area contributed by atoms with Crippen LogP contribution in [0.4, 0.5) is 4.79 Å². The largest absolute Gasteiger partial charge is 0.391 e. The van der Waals surface area contributed by atoms with Crippen molar-refractivity contribution >= 4 is 6.03 Å². The van der Waals surface area contributed by atoms with Gasteiger partial charge in [-0.2, -0.15) is 0 Å². The fraction of sp³-hybridized carbons (Fsp3) is 0.632. The predicted octanol–water partition coefficient (Wildman–Crippen LogP) is 2.53. The van der Waals surface area contributed by atoms with Crippen molar-refractivity contribution in [2.75, 3.05) is 19.7 Å². The topological polar surface area (TPSA) is 70.6 Å². The van der Waals surface area contributed by atoms with Crippen LogP contribution >= 0.6 is 0 Å². The molecule has 1 heterocycles. The van der Waals surface area contributed by atoms with Crippen LogP contribution in [0.1, 0.15) is 42.9 Å². The van der Waals surface area contributed by atoms with E-state index in [0.717, 1.165) is 32.3 Å². The molecule has 1 aliphatic heterocycles. The Labute approximate surface area is 143 Å². The van der Waals surface area contributed by atoms with Gasteiger partial charge in [0.25, 0.3) is 0 Å². The molecule has 2 aliphatic rings. The zero-order valence-corrected chi connectivity index (χ0v) is 14.3. The lowest BCUT2D eigenvalue weighted by Crippen LogP contribution is -2.43. The lowest BCUT2D eigenvalue weighted by Gasteiger charge is -2.32. The Hall–Kier alpha value is -1.59. The number of ether oxygens (including phenoxy) is 1. The second-order valence-electron chi connectivity index (χ2n) is 7.10. The summed E-state index contributed by atoms with van der Waals surface area (Å²) in [6.07, 6.45) is 3.84. The van der Waals surface area contributed by atoms with Crippen LogP contribution < -0.4 is 10.6 Å². The SMILES string of the molecule is Cc1ccc([C@@H]2OCCC[C@@H]2CNC(=O)NC[C@H](O)C2CC2)cc1. The van der Waals surface area contributed by atoms with E-state index in [1.54, 1.807) is 0 Å². The molecule has 5 heteroatoms. The molecule has 1 aliphatic carbocycles. The molecule has 0 bridgehead atoms. The average Bonchev–Trinajstić information content (AvgIpc) is 3.44. The Morgan fingerprint density at radius 2 is 2.00 bits per heavy atom. The van der Waals surface area contributed by atoms with E-state index in [1.165, 1.54) is 11.1 Å². The number of aryl methyl sites for hydroxylation is 1. The van der Waals surface area contributed by atoms with Crippen LogP contribution in [0, 0.1) is 18.8 Å². The Balaban J connectivity index is 1.48. The van der Waals surface area contributed by atoms with Crippen LogP contribution in [0.2, 0.25) is 0 Å². The van der Waals surface area contributed by atoms with Crippen LogP contribution in [0.3, 0.4) is 0 Å². The Bertz CT molecular complexity index is 542. The summed E-state index contributed by atoms with van der Waals surface area (Å²) in [6.45, 7) is 3.77. The minimum Gasteiger partial charge on any atom is -0.391 e. The molecule has 0 aromatic heterocycles. The molecule has 1 aromatic carbocycles. The number of carbonyl (C=O) groups is 1. The van der Waals surface area contributed by atoms with Gasteiger partial charge in [-0.05, 0) is 44.1 Å². The van der Waals surface area contributed by atoms with Gasteiger partial charge in [-0.15, -0.1) is 0 Å². The first kappa shape index (κ1) is 17.2. The highest BCUT2D eigenvalue weighted by molar-refractivity contribution is 5.73. The Morgan fingerprint density at radius 1 is 1.25 bits per heavy atom. The quantitative estimate of drug-likeness (QED) is 0.750. The second kappa shape index (κ2) is 7.99. The summed E-state index contributed by atoms with van der Waals surface area (Å²) in [5, 5.41) is 15.5. The lowest BCUT2D eigenvalue weighted by atomic mass is 9.89. The third-order valence-corrected chi connectivity index (χ3v) is 5.01. The summed E-state index contributed by atoms with van der Waals surface area (Å²) >= 11 is 0. The zero-order valence-electron chi connectivity index (χ0n) is 14.3. The summed E-state index contributed by atoms with van der Waals surface area (Å²) < 4.78 is 5.98. The standard InChI is InChI=1S/C19H28N2O3/c1-13-4-6-15(7-5-13)18-16(3-2-10-24-18)11-20-19(23)21-12-17(22)14-8-9-14/h4-7,14,16-18,22H,2-3,8-12H2,1H3,(H2,20,21,23)/t16-,17+,18+/m1/s1. The van der Waals surface area contributed by atoms with E-state index < -0.39 is 6.10 Å². The van der Waals surface area contributed by atoms with Gasteiger partial charge in [-0.3, -0.25) is 0 Å². The van der Waals surface area contributed by atoms with Crippen molar-refractivity contribution in [1.82, 2.24) is 10.6 Å². The summed E-state index contributed by atoms with van der Waals surface area (Å²) in [4.78, 5) is 11.9. The normalized spacial score (nSPS) is 25.1. The van der Waals surface area contributed by atoms with Crippen molar-refractivity contribution in [1.29, 1.82) is 0 Å². The molecule has 1 aromatic rings. The number of aliphatic hydroxyl groups is 1. The van der Waals surface area contributed by atoms with Gasteiger partial charge in [0.2, 0.25) is 0 Å². The van der Waals surface area contributed by atoms with Gasteiger partial charge in [0.15, 0.2) is 0 Å². The average molecular weight is 332 g/mol. The molecule has 3 rings (SSSR count). The van der Waals surface area contributed by atoms with Crippen molar-refractivity contribution in [2.24, 2.45) is 11.8 Å². The van der Waals surface area contributed by atoms with Crippen molar-refractivity contribution in [3.05, 3.63) is 35.4 Å². The number of aliphatic hydroxyl groups excluding tert-OH is 1. The van der Waals surface area contributed by atoms with Gasteiger partial charge < -0.3 is 20.5 Å². The van der Waals surface area contributed by atoms with E-state index in [-0.39, 0.29) is 18.1 Å². The third kappa shape index (κ3) is 4.71. The first-order valence-electron chi connectivity index (χ1n) is 9.01. The molecule has 24 heavy (non-hydrogen) atoms. The van der Waals surface area contributed by atoms with E-state index in [2.05, 4.69) is 41.8 Å². The van der Waals surface area contributed by atoms with E-state index in [0.29, 0.717) is 19.0 Å². The molecule has 0 unspecified atom stereocenters. The highest BCUT2D eigenvalue weighted by Gasteiger charge is 2.30. The molecule has 3 atom stereocenters. The van der Waals surface area contributed by atoms with Gasteiger partial charge in [-0.1, -0.05) is 29.8 Å². The van der Waals surface area contributed by atoms with Crippen LogP contribution in [0.5, 0.6) is 0 Å². The van der Waals surface area contributed by atoms with E-state index in [1.807, 2.05) is 0 Å². The molecule has 2 amide bonds. The minimum absolute atomic E-state index is 0.0386. The van der Waals surface area contributed by atoms with Crippen molar-refractivity contribution < 1.29 is 14.6 Å². The van der Waals surface area contributed by atoms with Crippen LogP contribution in [0.25, 0.3) is 0 Å². The number of urea groups is 1. The fourth-order valence-electron chi connectivity index (χ4n) is 3.31. The maximum atomic E-state index is 11.9. The molecule has 0 spiro atoms. The van der Waals surface area contributed by atoms with Gasteiger partial charge in [-0.25, -0.2) is 4.79 Å². The third-order valence-electron chi connectivity index (χ3n) is 5.01. The molecular formula is C19H28N2O3. The second-order valence-corrected chi connectivity index (χ2v) is 7.10. The number of carbonyl (C=O) groups excluding carboxylic acids is 1. The number of benzene rings is 1. The molecular weight excluding hydrogens is 304 g/mol. The highest BCUT2D eigenvalue weighted by Crippen LogP contribution is 2.33. The monoisotopic (exact) mass is 332 g/mol. The van der Waals surface area contributed by atoms with Gasteiger partial charge in [0.05, 0.1) is 12.2 Å². The van der Waals surface area contributed by atoms with E-state index in [9.17, 15) is 9.90 Å².